The van der Waals surface area contributed by atoms with Crippen LogP contribution >= 0.6 is 0 Å². The lowest BCUT2D eigenvalue weighted by atomic mass is 9.96. The van der Waals surface area contributed by atoms with Gasteiger partial charge in [-0.2, -0.15) is 0 Å². The number of benzene rings is 1. The van der Waals surface area contributed by atoms with Crippen molar-refractivity contribution in [3.05, 3.63) is 29.8 Å². The van der Waals surface area contributed by atoms with Crippen molar-refractivity contribution in [3.63, 3.8) is 0 Å². The molecule has 6 nitrogen and oxygen atoms in total. The zero-order valence-electron chi connectivity index (χ0n) is 13.8. The average molecular weight is 306 g/mol. The SMILES string of the molecule is CCCC(C)(N)C(=O)NCc1cccc(NC(=O)N(C)C)c1. The van der Waals surface area contributed by atoms with E-state index < -0.39 is 5.54 Å². The molecule has 0 bridgehead atoms. The minimum atomic E-state index is -0.856. The molecule has 0 saturated heterocycles. The van der Waals surface area contributed by atoms with Crippen molar-refractivity contribution in [2.75, 3.05) is 19.4 Å². The van der Waals surface area contributed by atoms with Gasteiger partial charge in [0.1, 0.15) is 0 Å². The van der Waals surface area contributed by atoms with Crippen LogP contribution < -0.4 is 16.4 Å². The Kier molecular flexibility index (Phi) is 6.37. The Morgan fingerprint density at radius 3 is 2.59 bits per heavy atom. The Hall–Kier alpha value is -2.08. The van der Waals surface area contributed by atoms with E-state index >= 15 is 0 Å². The molecule has 0 aliphatic carbocycles. The van der Waals surface area contributed by atoms with E-state index in [1.54, 1.807) is 27.1 Å². The molecule has 6 heteroatoms. The number of amides is 3. The van der Waals surface area contributed by atoms with Crippen LogP contribution in [0.2, 0.25) is 0 Å². The summed E-state index contributed by atoms with van der Waals surface area (Å²) in [5, 5.41) is 5.61. The monoisotopic (exact) mass is 306 g/mol. The van der Waals surface area contributed by atoms with Crippen LogP contribution in [0.15, 0.2) is 24.3 Å². The van der Waals surface area contributed by atoms with E-state index in [1.165, 1.54) is 4.90 Å². The smallest absolute Gasteiger partial charge is 0.321 e. The highest BCUT2D eigenvalue weighted by Gasteiger charge is 2.26. The van der Waals surface area contributed by atoms with E-state index in [0.29, 0.717) is 18.7 Å². The number of carbonyl (C=O) groups excluding carboxylic acids is 2. The predicted molar refractivity (Wildman–Crippen MR) is 88.5 cm³/mol. The second-order valence-corrected chi connectivity index (χ2v) is 5.88. The Labute approximate surface area is 132 Å². The largest absolute Gasteiger partial charge is 0.350 e. The van der Waals surface area contributed by atoms with Crippen LogP contribution in [-0.4, -0.2) is 36.5 Å². The Bertz CT molecular complexity index is 527. The van der Waals surface area contributed by atoms with Crippen LogP contribution in [0.25, 0.3) is 0 Å². The Morgan fingerprint density at radius 1 is 1.32 bits per heavy atom. The molecule has 1 unspecified atom stereocenters. The number of nitrogens with zero attached hydrogens (tertiary/aromatic N) is 1. The third kappa shape index (κ3) is 5.37. The van der Waals surface area contributed by atoms with Gasteiger partial charge in [-0.25, -0.2) is 4.79 Å². The standard InChI is InChI=1S/C16H26N4O2/c1-5-9-16(2,17)14(21)18-11-12-7-6-8-13(10-12)19-15(22)20(3)4/h6-8,10H,5,9,11,17H2,1-4H3,(H,18,21)(H,19,22). The molecule has 0 aromatic heterocycles. The molecule has 0 spiro atoms. The van der Waals surface area contributed by atoms with Crippen LogP contribution in [0.5, 0.6) is 0 Å². The minimum Gasteiger partial charge on any atom is -0.350 e. The molecule has 3 amide bonds. The van der Waals surface area contributed by atoms with Crippen LogP contribution in [-0.2, 0) is 11.3 Å². The van der Waals surface area contributed by atoms with E-state index in [-0.39, 0.29) is 11.9 Å². The molecule has 0 radical (unpaired) electrons. The van der Waals surface area contributed by atoms with Gasteiger partial charge in [0.25, 0.3) is 0 Å². The van der Waals surface area contributed by atoms with Gasteiger partial charge in [0.05, 0.1) is 5.54 Å². The highest BCUT2D eigenvalue weighted by molar-refractivity contribution is 5.89. The van der Waals surface area contributed by atoms with Crippen molar-refractivity contribution in [2.45, 2.75) is 38.8 Å². The maximum absolute atomic E-state index is 12.1. The normalized spacial score (nSPS) is 13.1. The first-order valence-corrected chi connectivity index (χ1v) is 7.40. The first-order chi connectivity index (χ1) is 10.3. The maximum Gasteiger partial charge on any atom is 0.321 e. The summed E-state index contributed by atoms with van der Waals surface area (Å²) < 4.78 is 0. The number of carbonyl (C=O) groups is 2. The van der Waals surface area contributed by atoms with Gasteiger partial charge in [-0.15, -0.1) is 0 Å². The predicted octanol–water partition coefficient (Wildman–Crippen LogP) is 1.91. The molecular weight excluding hydrogens is 280 g/mol. The summed E-state index contributed by atoms with van der Waals surface area (Å²) in [5.41, 5.74) is 6.72. The first-order valence-electron chi connectivity index (χ1n) is 7.40. The summed E-state index contributed by atoms with van der Waals surface area (Å²) in [6.45, 7) is 4.11. The molecular formula is C16H26N4O2. The van der Waals surface area contributed by atoms with Gasteiger partial charge in [0.15, 0.2) is 0 Å². The van der Waals surface area contributed by atoms with E-state index in [4.69, 9.17) is 5.73 Å². The van der Waals surface area contributed by atoms with Gasteiger partial charge in [-0.1, -0.05) is 25.5 Å². The van der Waals surface area contributed by atoms with Crippen LogP contribution in [0.1, 0.15) is 32.3 Å². The first kappa shape index (κ1) is 18.0. The molecule has 1 atom stereocenters. The molecule has 0 aliphatic heterocycles. The van der Waals surface area contributed by atoms with Gasteiger partial charge < -0.3 is 21.3 Å². The molecule has 1 aromatic rings. The fourth-order valence-corrected chi connectivity index (χ4v) is 2.01. The Balaban J connectivity index is 2.64. The third-order valence-corrected chi connectivity index (χ3v) is 3.33. The lowest BCUT2D eigenvalue weighted by Gasteiger charge is -2.23. The van der Waals surface area contributed by atoms with Crippen molar-refractivity contribution in [1.29, 1.82) is 0 Å². The minimum absolute atomic E-state index is 0.169. The second-order valence-electron chi connectivity index (χ2n) is 5.88. The molecule has 22 heavy (non-hydrogen) atoms. The van der Waals surface area contributed by atoms with Crippen LogP contribution in [0.3, 0.4) is 0 Å². The van der Waals surface area contributed by atoms with E-state index in [9.17, 15) is 9.59 Å². The average Bonchev–Trinajstić information content (AvgIpc) is 2.44. The van der Waals surface area contributed by atoms with E-state index in [2.05, 4.69) is 10.6 Å². The summed E-state index contributed by atoms with van der Waals surface area (Å²) >= 11 is 0. The highest BCUT2D eigenvalue weighted by atomic mass is 16.2. The number of nitrogens with two attached hydrogens (primary N) is 1. The van der Waals surface area contributed by atoms with E-state index in [1.807, 2.05) is 25.1 Å². The molecule has 1 aromatic carbocycles. The third-order valence-electron chi connectivity index (χ3n) is 3.33. The summed E-state index contributed by atoms with van der Waals surface area (Å²) in [4.78, 5) is 25.1. The number of rotatable bonds is 6. The lowest BCUT2D eigenvalue weighted by Crippen LogP contribution is -2.51. The molecule has 0 heterocycles. The summed E-state index contributed by atoms with van der Waals surface area (Å²) in [6.07, 6.45) is 1.49. The number of anilines is 1. The highest BCUT2D eigenvalue weighted by Crippen LogP contribution is 2.12. The van der Waals surface area contributed by atoms with Crippen LogP contribution in [0.4, 0.5) is 10.5 Å². The van der Waals surface area contributed by atoms with Gasteiger partial charge in [0, 0.05) is 26.3 Å². The number of hydrogen-bond donors (Lipinski definition) is 3. The van der Waals surface area contributed by atoms with Gasteiger partial charge >= 0.3 is 6.03 Å². The van der Waals surface area contributed by atoms with Gasteiger partial charge in [-0.05, 0) is 31.0 Å². The molecule has 122 valence electrons. The molecule has 0 aliphatic rings. The zero-order valence-corrected chi connectivity index (χ0v) is 13.8. The Morgan fingerprint density at radius 2 is 2.00 bits per heavy atom. The summed E-state index contributed by atoms with van der Waals surface area (Å²) in [5.74, 6) is -0.169. The molecule has 0 saturated carbocycles. The zero-order chi connectivity index (χ0) is 16.8. The number of urea groups is 1. The van der Waals surface area contributed by atoms with Crippen molar-refractivity contribution in [1.82, 2.24) is 10.2 Å². The fourth-order valence-electron chi connectivity index (χ4n) is 2.01. The lowest BCUT2D eigenvalue weighted by molar-refractivity contribution is -0.126. The maximum atomic E-state index is 12.1. The van der Waals surface area contributed by atoms with Crippen molar-refractivity contribution < 1.29 is 9.59 Å². The second kappa shape index (κ2) is 7.79. The summed E-state index contributed by atoms with van der Waals surface area (Å²) in [7, 11) is 3.35. The molecule has 4 N–H and O–H groups in total. The van der Waals surface area contributed by atoms with Crippen molar-refractivity contribution in [2.24, 2.45) is 5.73 Å². The number of nitrogens with one attached hydrogen (secondary N) is 2. The fraction of sp³-hybridized carbons (Fsp3) is 0.500. The van der Waals surface area contributed by atoms with Crippen LogP contribution in [0, 0.1) is 0 Å². The topological polar surface area (TPSA) is 87.5 Å². The quantitative estimate of drug-likeness (QED) is 0.750. The molecule has 1 rings (SSSR count). The number of hydrogen-bond acceptors (Lipinski definition) is 3. The van der Waals surface area contributed by atoms with E-state index in [0.717, 1.165) is 12.0 Å². The van der Waals surface area contributed by atoms with Crippen molar-refractivity contribution >= 4 is 17.6 Å². The van der Waals surface area contributed by atoms with Crippen molar-refractivity contribution in [3.8, 4) is 0 Å². The summed E-state index contributed by atoms with van der Waals surface area (Å²) in [6, 6.07) is 7.16. The van der Waals surface area contributed by atoms with Gasteiger partial charge in [-0.3, -0.25) is 4.79 Å². The molecule has 0 fully saturated rings. The van der Waals surface area contributed by atoms with Gasteiger partial charge in [0.2, 0.25) is 5.91 Å².